The van der Waals surface area contributed by atoms with Crippen molar-refractivity contribution >= 4 is 51.2 Å². The summed E-state index contributed by atoms with van der Waals surface area (Å²) in [6, 6.07) is -1.76. The minimum Gasteiger partial charge on any atom is -1.00 e. The van der Waals surface area contributed by atoms with Gasteiger partial charge >= 0.3 is 86.7 Å². The zero-order valence-electron chi connectivity index (χ0n) is 75.2. The van der Waals surface area contributed by atoms with E-state index >= 15 is 0 Å². The molecule has 0 saturated heterocycles. The fourth-order valence-electron chi connectivity index (χ4n) is 12.8. The second-order valence-electron chi connectivity index (χ2n) is 30.5. The number of carbonyl (C=O) groups excluding carboxylic acids is 6. The second-order valence-corrected chi connectivity index (χ2v) is 33.5. The van der Waals surface area contributed by atoms with Crippen LogP contribution in [0, 0.1) is 0 Å². The van der Waals surface area contributed by atoms with Crippen LogP contribution in [0.1, 0.15) is 391 Å². The molecular formula is C86H166N4Na2O20P2. The number of carbonyl (C=O) groups is 6. The number of nitrogens with one attached hydrogen (secondary N) is 4. The first-order chi connectivity index (χ1) is 54.3. The van der Waals surface area contributed by atoms with Crippen LogP contribution in [0.25, 0.3) is 0 Å². The molecule has 662 valence electrons. The number of aliphatic hydroxyl groups excluding tert-OH is 2. The second kappa shape index (κ2) is 84.9. The van der Waals surface area contributed by atoms with Gasteiger partial charge in [0.2, 0.25) is 11.8 Å². The maximum Gasteiger partial charge on any atom is 1.00 e. The van der Waals surface area contributed by atoms with Gasteiger partial charge in [0.15, 0.2) is 12.2 Å². The summed E-state index contributed by atoms with van der Waals surface area (Å²) in [5.74, 6) is -3.56. The summed E-state index contributed by atoms with van der Waals surface area (Å²) in [6.07, 6.45) is 56.3. The normalized spacial score (nSPS) is 14.2. The molecule has 114 heavy (non-hydrogen) atoms. The fraction of sp³-hybridized carbons (Fsp3) is 0.884. The third-order valence-electron chi connectivity index (χ3n) is 19.7. The van der Waals surface area contributed by atoms with Crippen LogP contribution >= 0.6 is 15.6 Å². The van der Waals surface area contributed by atoms with Crippen LogP contribution in [-0.4, -0.2) is 158 Å². The molecule has 0 aromatic carbocycles. The number of phosphoric acid groups is 2. The minimum absolute atomic E-state index is 0. The molecule has 8 N–H and O–H groups in total. The number of aliphatic hydroxyl groups is 2. The minimum atomic E-state index is -4.84. The molecule has 0 radical (unpaired) electrons. The first kappa shape index (κ1) is 117. The Kier molecular flexibility index (Phi) is 86.8. The van der Waals surface area contributed by atoms with Crippen LogP contribution in [0.5, 0.6) is 0 Å². The maximum atomic E-state index is 13.3. The summed E-state index contributed by atoms with van der Waals surface area (Å²) >= 11 is 0. The molecule has 0 aliphatic rings. The molecule has 0 rings (SSSR count). The van der Waals surface area contributed by atoms with Crippen molar-refractivity contribution in [3.8, 4) is 0 Å². The smallest absolute Gasteiger partial charge is 1.00 e. The molecule has 0 saturated carbocycles. The van der Waals surface area contributed by atoms with E-state index in [1.807, 2.05) is 0 Å². The Morgan fingerprint density at radius 3 is 0.912 bits per heavy atom. The number of hydrogen-bond donors (Lipinski definition) is 8. The van der Waals surface area contributed by atoms with Crippen LogP contribution in [0.15, 0.2) is 24.3 Å². The van der Waals surface area contributed by atoms with Crippen molar-refractivity contribution in [3.05, 3.63) is 24.3 Å². The van der Waals surface area contributed by atoms with Gasteiger partial charge in [0.1, 0.15) is 12.2 Å². The van der Waals surface area contributed by atoms with Gasteiger partial charge in [0.25, 0.3) is 11.8 Å². The van der Waals surface area contributed by atoms with Crippen molar-refractivity contribution in [2.45, 2.75) is 425 Å². The molecule has 24 nitrogen and oxygen atoms in total. The molecule has 8 atom stereocenters. The Labute approximate surface area is 739 Å². The Bertz CT molecular complexity index is 2280. The molecular weight excluding hydrogens is 1520 g/mol. The standard InChI is InChI=1S/C86H164N4O20P2.2Na.2H/c1-7-13-19-25-29-33-35-39-41-47-53-59-79(91)89-75(71-103-67-63-77(57-51-45-23-17-11-5)109-81(93)61-55-49-43-37-31-27-21-15-9-3)73-107-111(99,100)105-69-65-87-85(97)83(95)84(96)86(98)88-66-70-106-112(101,102)108-74-76(90-80(92)60-54-48-42-40-36-34-30-26-20-14-8-2)72-104-68-64-78(58-52-46-24-18-12-6)110-82(94)62-56-50-44-38-32-28-22-16-10-4;;;;/h37-38,43-44,75-78,83-84,95-96H,7-36,39-42,45-74H2,1-6H3,(H,87,97)(H,88,98)(H,89,91)(H,90,92)(H,99,100)(H,101,102);;;;/q;2*+1;2*-1/b43-37-,44-38-;;;;/t75-,76+,77-,78-,83+,84-;;;;/m1..../s1. The van der Waals surface area contributed by atoms with E-state index in [9.17, 15) is 57.9 Å². The molecule has 4 amide bonds. The molecule has 0 aromatic rings. The average Bonchev–Trinajstić information content (AvgIpc) is 0.901. The third-order valence-corrected chi connectivity index (χ3v) is 21.7. The van der Waals surface area contributed by atoms with Gasteiger partial charge in [-0.25, -0.2) is 9.13 Å². The molecule has 28 heteroatoms. The average molecular weight is 1680 g/mol. The quantitative estimate of drug-likeness (QED) is 0.00922. The van der Waals surface area contributed by atoms with Crippen molar-refractivity contribution in [2.75, 3.05) is 65.9 Å². The Morgan fingerprint density at radius 1 is 0.333 bits per heavy atom. The Morgan fingerprint density at radius 2 is 0.605 bits per heavy atom. The number of rotatable bonds is 85. The Balaban J connectivity index is -0.0000103. The van der Waals surface area contributed by atoms with Crippen molar-refractivity contribution < 1.29 is 157 Å². The number of esters is 2. The van der Waals surface area contributed by atoms with E-state index in [0.29, 0.717) is 64.2 Å². The van der Waals surface area contributed by atoms with E-state index in [1.165, 1.54) is 128 Å². The fourth-order valence-corrected chi connectivity index (χ4v) is 14.3. The zero-order valence-corrected chi connectivity index (χ0v) is 79.0. The number of allylic oxidation sites excluding steroid dienone is 4. The molecule has 0 heterocycles. The van der Waals surface area contributed by atoms with Gasteiger partial charge in [-0.2, -0.15) is 0 Å². The number of unbranched alkanes of at least 4 members (excludes halogenated alkanes) is 38. The first-order valence-electron chi connectivity index (χ1n) is 44.8. The monoisotopic (exact) mass is 1680 g/mol. The molecule has 0 spiro atoms. The van der Waals surface area contributed by atoms with Crippen LogP contribution < -0.4 is 80.4 Å². The Hall–Kier alpha value is -1.64. The van der Waals surface area contributed by atoms with Gasteiger partial charge in [-0.1, -0.05) is 284 Å². The van der Waals surface area contributed by atoms with Crippen molar-refractivity contribution in [1.29, 1.82) is 0 Å². The molecule has 2 unspecified atom stereocenters. The van der Waals surface area contributed by atoms with Gasteiger partial charge in [-0.15, -0.1) is 0 Å². The SMILES string of the molecule is CCCCCC/C=C\CCCC(=O)O[C@H](CCCCCCC)CCOC[C@H](COP(=O)(O)OCCNC(=O)[C@@H](O)[C@@H](O)C(=O)NCCOP(=O)(O)OC[C@H](COCC[C@@H](CCCCCCC)OC(=O)CCC/C=C\CCCCCC)NC(=O)CCCCCCCCCCCCC)NC(=O)CCCCCCCCCCCCC.[H-].[H-].[Na+].[Na+]. The molecule has 0 aliphatic carbocycles. The van der Waals surface area contributed by atoms with E-state index < -0.39 is 91.3 Å². The predicted octanol–water partition coefficient (Wildman–Crippen LogP) is 13.6. The largest absolute Gasteiger partial charge is 1.00 e. The van der Waals surface area contributed by atoms with Crippen molar-refractivity contribution in [1.82, 2.24) is 21.3 Å². The van der Waals surface area contributed by atoms with Gasteiger partial charge in [0, 0.05) is 51.6 Å². The number of phosphoric ester groups is 2. The predicted molar refractivity (Wildman–Crippen MR) is 451 cm³/mol. The van der Waals surface area contributed by atoms with Gasteiger partial charge in [0.05, 0.1) is 64.9 Å². The van der Waals surface area contributed by atoms with Crippen LogP contribution in [0.4, 0.5) is 0 Å². The molecule has 0 fully saturated rings. The summed E-state index contributed by atoms with van der Waals surface area (Å²) in [5.41, 5.74) is 0. The van der Waals surface area contributed by atoms with Crippen LogP contribution in [0.2, 0.25) is 0 Å². The van der Waals surface area contributed by atoms with E-state index in [2.05, 4.69) is 87.1 Å². The van der Waals surface area contributed by atoms with E-state index in [-0.39, 0.29) is 137 Å². The summed E-state index contributed by atoms with van der Waals surface area (Å²) in [6.45, 7) is 10.1. The van der Waals surface area contributed by atoms with Crippen LogP contribution in [-0.2, 0) is 74.9 Å². The molecule has 0 aliphatic heterocycles. The van der Waals surface area contributed by atoms with E-state index in [4.69, 9.17) is 37.0 Å². The number of amides is 4. The number of ether oxygens (including phenoxy) is 4. The maximum absolute atomic E-state index is 13.3. The summed E-state index contributed by atoms with van der Waals surface area (Å²) in [4.78, 5) is 99.7. The summed E-state index contributed by atoms with van der Waals surface area (Å²) in [5, 5.41) is 31.4. The van der Waals surface area contributed by atoms with Gasteiger partial charge in [-0.3, -0.25) is 46.9 Å². The third kappa shape index (κ3) is 77.7. The van der Waals surface area contributed by atoms with E-state index in [0.717, 1.165) is 141 Å². The number of hydrogen-bond acceptors (Lipinski definition) is 18. The van der Waals surface area contributed by atoms with Gasteiger partial charge in [-0.05, 0) is 89.9 Å². The molecule has 0 bridgehead atoms. The zero-order chi connectivity index (χ0) is 82.5. The molecule has 0 aromatic heterocycles. The van der Waals surface area contributed by atoms with Crippen molar-refractivity contribution in [3.63, 3.8) is 0 Å². The van der Waals surface area contributed by atoms with E-state index in [1.54, 1.807) is 0 Å². The van der Waals surface area contributed by atoms with Crippen molar-refractivity contribution in [2.24, 2.45) is 0 Å². The van der Waals surface area contributed by atoms with Gasteiger partial charge < -0.3 is 63.1 Å². The topological polar surface area (TPSA) is 339 Å². The summed E-state index contributed by atoms with van der Waals surface area (Å²) < 4.78 is 71.2. The van der Waals surface area contributed by atoms with Crippen LogP contribution in [0.3, 0.4) is 0 Å². The summed E-state index contributed by atoms with van der Waals surface area (Å²) in [7, 11) is -9.68. The first-order valence-corrected chi connectivity index (χ1v) is 47.8.